The highest BCUT2D eigenvalue weighted by Crippen LogP contribution is 2.55. The fourth-order valence-corrected chi connectivity index (χ4v) is 11.9. The number of nitrogens with zero attached hydrogens (tertiary/aromatic N) is 1. The van der Waals surface area contributed by atoms with Crippen molar-refractivity contribution in [3.63, 3.8) is 0 Å². The summed E-state index contributed by atoms with van der Waals surface area (Å²) in [5.74, 6) is 0. The van der Waals surface area contributed by atoms with Gasteiger partial charge in [0.2, 0.25) is 0 Å². The van der Waals surface area contributed by atoms with Gasteiger partial charge in [-0.25, -0.2) is 0 Å². The molecule has 0 N–H and O–H groups in total. The lowest BCUT2D eigenvalue weighted by Crippen LogP contribution is -2.23. The molecule has 11 aromatic rings. The van der Waals surface area contributed by atoms with Crippen LogP contribution in [0, 0.1) is 0 Å². The summed E-state index contributed by atoms with van der Waals surface area (Å²) in [6, 6.07) is 95.1. The van der Waals surface area contributed by atoms with E-state index in [1.807, 2.05) is 0 Å². The van der Waals surface area contributed by atoms with Gasteiger partial charge in [0.1, 0.15) is 0 Å². The van der Waals surface area contributed by atoms with Crippen LogP contribution in [0.4, 0.5) is 17.1 Å². The van der Waals surface area contributed by atoms with E-state index < -0.39 is 0 Å². The van der Waals surface area contributed by atoms with Crippen molar-refractivity contribution in [1.29, 1.82) is 0 Å². The Balaban J connectivity index is 1.13. The molecule has 11 aromatic carbocycles. The van der Waals surface area contributed by atoms with Crippen molar-refractivity contribution in [2.75, 3.05) is 4.90 Å². The van der Waals surface area contributed by atoms with E-state index in [4.69, 9.17) is 0 Å². The highest BCUT2D eigenvalue weighted by atomic mass is 15.1. The number of fused-ring (bicyclic) bond motifs is 4. The molecule has 0 aliphatic heterocycles. The van der Waals surface area contributed by atoms with Crippen LogP contribution in [0.2, 0.25) is 0 Å². The molecule has 0 saturated carbocycles. The van der Waals surface area contributed by atoms with Gasteiger partial charge in [-0.1, -0.05) is 272 Å². The van der Waals surface area contributed by atoms with E-state index in [1.165, 1.54) is 94.2 Å². The van der Waals surface area contributed by atoms with Gasteiger partial charge in [-0.3, -0.25) is 0 Å². The smallest absolute Gasteiger partial charge is 0.0540 e. The SMILES string of the molecule is CC(C)(C)c1cc(-c2cccc3cccc(-c4ccccc4N(c4ccc5c(c4)C(C)(c4ccccc4)c4ccccc4-5)c4ccccc4-c4ccccc4-c4ccccc4-c4ccccc4)c23)cc(C(C)(C)C)c1. The average molecular weight is 966 g/mol. The number of rotatable bonds is 9. The number of para-hydroxylation sites is 2. The molecular weight excluding hydrogens is 903 g/mol. The lowest BCUT2D eigenvalue weighted by atomic mass is 9.74. The van der Waals surface area contributed by atoms with Crippen molar-refractivity contribution in [1.82, 2.24) is 0 Å². The lowest BCUT2D eigenvalue weighted by molar-refractivity contribution is 0.569. The van der Waals surface area contributed by atoms with Crippen LogP contribution in [0.3, 0.4) is 0 Å². The number of hydrogen-bond acceptors (Lipinski definition) is 1. The Kier molecular flexibility index (Phi) is 11.9. The fourth-order valence-electron chi connectivity index (χ4n) is 11.9. The summed E-state index contributed by atoms with van der Waals surface area (Å²) in [5.41, 5.74) is 23.9. The summed E-state index contributed by atoms with van der Waals surface area (Å²) in [5, 5.41) is 2.46. The lowest BCUT2D eigenvalue weighted by Gasteiger charge is -2.33. The Morgan fingerprint density at radius 3 is 1.35 bits per heavy atom. The molecule has 0 saturated heterocycles. The topological polar surface area (TPSA) is 3.24 Å². The van der Waals surface area contributed by atoms with Gasteiger partial charge in [-0.05, 0) is 136 Å². The molecule has 0 fully saturated rings. The minimum atomic E-state index is -0.389. The summed E-state index contributed by atoms with van der Waals surface area (Å²) in [4.78, 5) is 2.55. The summed E-state index contributed by atoms with van der Waals surface area (Å²) in [7, 11) is 0. The van der Waals surface area contributed by atoms with Crippen molar-refractivity contribution in [3.05, 3.63) is 283 Å². The highest BCUT2D eigenvalue weighted by Gasteiger charge is 2.41. The van der Waals surface area contributed by atoms with Crippen LogP contribution in [-0.2, 0) is 16.2 Å². The first-order chi connectivity index (χ1) is 36.4. The van der Waals surface area contributed by atoms with Gasteiger partial charge in [0, 0.05) is 22.2 Å². The van der Waals surface area contributed by atoms with Gasteiger partial charge in [0.15, 0.2) is 0 Å². The van der Waals surface area contributed by atoms with Gasteiger partial charge in [-0.15, -0.1) is 0 Å². The minimum absolute atomic E-state index is 0.0278. The van der Waals surface area contributed by atoms with Crippen LogP contribution >= 0.6 is 0 Å². The van der Waals surface area contributed by atoms with E-state index in [2.05, 4.69) is 308 Å². The normalized spacial score (nSPS) is 14.1. The van der Waals surface area contributed by atoms with Crippen LogP contribution in [0.1, 0.15) is 76.3 Å². The number of anilines is 3. The molecule has 0 spiro atoms. The first-order valence-electron chi connectivity index (χ1n) is 26.6. The summed E-state index contributed by atoms with van der Waals surface area (Å²) in [6.07, 6.45) is 0. The highest BCUT2D eigenvalue weighted by molar-refractivity contribution is 6.09. The van der Waals surface area contributed by atoms with E-state index in [9.17, 15) is 0 Å². The molecule has 0 amide bonds. The molecule has 0 aromatic heterocycles. The maximum atomic E-state index is 2.55. The molecular formula is C74H63N. The summed E-state index contributed by atoms with van der Waals surface area (Å²) in [6.45, 7) is 16.4. The Bertz CT molecular complexity index is 3880. The molecule has 1 unspecified atom stereocenters. The van der Waals surface area contributed by atoms with E-state index in [0.717, 1.165) is 28.2 Å². The monoisotopic (exact) mass is 965 g/mol. The van der Waals surface area contributed by atoms with Crippen LogP contribution in [0.15, 0.2) is 255 Å². The van der Waals surface area contributed by atoms with Crippen LogP contribution in [-0.4, -0.2) is 0 Å². The third-order valence-corrected chi connectivity index (χ3v) is 15.9. The Morgan fingerprint density at radius 1 is 0.307 bits per heavy atom. The molecule has 1 aliphatic rings. The molecule has 1 atom stereocenters. The molecule has 1 heteroatoms. The van der Waals surface area contributed by atoms with Gasteiger partial charge in [0.25, 0.3) is 0 Å². The Morgan fingerprint density at radius 2 is 0.747 bits per heavy atom. The third kappa shape index (κ3) is 8.38. The van der Waals surface area contributed by atoms with Gasteiger partial charge in [0.05, 0.1) is 11.4 Å². The van der Waals surface area contributed by atoms with Gasteiger partial charge >= 0.3 is 0 Å². The molecule has 75 heavy (non-hydrogen) atoms. The quantitative estimate of drug-likeness (QED) is 0.139. The Hall–Kier alpha value is -8.52. The number of benzene rings is 11. The van der Waals surface area contributed by atoms with Crippen LogP contribution in [0.5, 0.6) is 0 Å². The van der Waals surface area contributed by atoms with Crippen molar-refractivity contribution in [3.8, 4) is 66.8 Å². The third-order valence-electron chi connectivity index (χ3n) is 15.9. The van der Waals surface area contributed by atoms with Gasteiger partial charge < -0.3 is 4.90 Å². The molecule has 1 aliphatic carbocycles. The zero-order valence-electron chi connectivity index (χ0n) is 44.2. The van der Waals surface area contributed by atoms with Crippen LogP contribution < -0.4 is 4.90 Å². The maximum Gasteiger partial charge on any atom is 0.0540 e. The molecule has 0 heterocycles. The zero-order chi connectivity index (χ0) is 51.5. The predicted octanol–water partition coefficient (Wildman–Crippen LogP) is 20.6. The second kappa shape index (κ2) is 18.8. The second-order valence-electron chi connectivity index (χ2n) is 22.6. The standard InChI is InChI=1S/C74H63N/c1-72(2,3)54-46-52(47-55(48-54)73(4,5)6)58-39-24-28-51-29-25-40-66(71(51)58)65-38-20-23-43-70(65)75(56-44-45-63-62-36-18-21-41-67(62)74(7,68(63)49-56)53-30-12-9-13-31-53)69-42-22-19-37-64(69)61-35-17-16-34-60(61)59-33-15-14-32-57(59)50-26-10-8-11-27-50/h8-49H,1-7H3. The first-order valence-corrected chi connectivity index (χ1v) is 26.6. The van der Waals surface area contributed by atoms with Crippen molar-refractivity contribution < 1.29 is 0 Å². The van der Waals surface area contributed by atoms with Crippen molar-refractivity contribution in [2.24, 2.45) is 0 Å². The number of hydrogen-bond donors (Lipinski definition) is 0. The van der Waals surface area contributed by atoms with Crippen LogP contribution in [0.25, 0.3) is 77.5 Å². The maximum absolute atomic E-state index is 2.55. The minimum Gasteiger partial charge on any atom is -0.309 e. The molecule has 12 rings (SSSR count). The van der Waals surface area contributed by atoms with E-state index in [0.29, 0.717) is 0 Å². The van der Waals surface area contributed by atoms with E-state index in [-0.39, 0.29) is 16.2 Å². The molecule has 1 nitrogen and oxygen atoms in total. The zero-order valence-corrected chi connectivity index (χ0v) is 44.2. The molecule has 0 bridgehead atoms. The van der Waals surface area contributed by atoms with Crippen molar-refractivity contribution >= 4 is 27.8 Å². The second-order valence-corrected chi connectivity index (χ2v) is 22.6. The largest absolute Gasteiger partial charge is 0.309 e. The van der Waals surface area contributed by atoms with E-state index in [1.54, 1.807) is 0 Å². The van der Waals surface area contributed by atoms with E-state index >= 15 is 0 Å². The summed E-state index contributed by atoms with van der Waals surface area (Å²) >= 11 is 0. The Labute approximate surface area is 444 Å². The predicted molar refractivity (Wildman–Crippen MR) is 321 cm³/mol. The molecule has 0 radical (unpaired) electrons. The van der Waals surface area contributed by atoms with Gasteiger partial charge in [-0.2, -0.15) is 0 Å². The molecule has 364 valence electrons. The van der Waals surface area contributed by atoms with Crippen molar-refractivity contribution in [2.45, 2.75) is 64.7 Å². The average Bonchev–Trinajstić information content (AvgIpc) is 3.71. The summed E-state index contributed by atoms with van der Waals surface area (Å²) < 4.78 is 0. The first kappa shape index (κ1) is 47.5. The fraction of sp³-hybridized carbons (Fsp3) is 0.135.